The number of alkyl halides is 4. The number of aryl methyl sites for hydroxylation is 1. The molecule has 4 fully saturated rings. The predicted molar refractivity (Wildman–Crippen MR) is 175 cm³/mol. The summed E-state index contributed by atoms with van der Waals surface area (Å²) in [5, 5.41) is 9.49. The molecule has 2 aromatic carbocycles. The summed E-state index contributed by atoms with van der Waals surface area (Å²) < 4.78 is 64.9. The monoisotopic (exact) mass is 673 g/mol. The Morgan fingerprint density at radius 3 is 2.31 bits per heavy atom. The first-order chi connectivity index (χ1) is 22.8. The number of hydrogen-bond acceptors (Lipinski definition) is 5. The third-order valence-electron chi connectivity index (χ3n) is 11.6. The second-order valence-electron chi connectivity index (χ2n) is 14.4. The SMILES string of the molecule is CC[C@H]1CN(C(=O)[C@]2(F)CN(C3CCCC3)C[C@H]2c2ccc(OC)c(C)c2)C[C@@H]1c1ccc(C(F)(F)F)cc1N1CCC(C(=O)O)CC1. The lowest BCUT2D eigenvalue weighted by Gasteiger charge is -2.35. The Bertz CT molecular complexity index is 1500. The van der Waals surface area contributed by atoms with E-state index in [-0.39, 0.29) is 31.0 Å². The van der Waals surface area contributed by atoms with Gasteiger partial charge in [0.15, 0.2) is 0 Å². The number of likely N-dealkylation sites (tertiary alicyclic amines) is 2. The molecule has 0 unspecified atom stereocenters. The van der Waals surface area contributed by atoms with Crippen LogP contribution in [0.15, 0.2) is 36.4 Å². The summed E-state index contributed by atoms with van der Waals surface area (Å²) in [7, 11) is 1.59. The Hall–Kier alpha value is -3.34. The Labute approximate surface area is 280 Å². The predicted octanol–water partition coefficient (Wildman–Crippen LogP) is 7.03. The second kappa shape index (κ2) is 13.5. The number of ether oxygens (including phenoxy) is 1. The maximum absolute atomic E-state index is 17.7. The molecule has 3 saturated heterocycles. The Morgan fingerprint density at radius 2 is 1.71 bits per heavy atom. The van der Waals surface area contributed by atoms with Crippen molar-refractivity contribution < 1.29 is 37.0 Å². The molecule has 0 bridgehead atoms. The number of amides is 1. The number of rotatable bonds is 8. The van der Waals surface area contributed by atoms with E-state index in [9.17, 15) is 27.9 Å². The van der Waals surface area contributed by atoms with Crippen molar-refractivity contribution in [2.45, 2.75) is 88.5 Å². The molecule has 0 radical (unpaired) electrons. The van der Waals surface area contributed by atoms with Gasteiger partial charge in [-0.2, -0.15) is 13.2 Å². The van der Waals surface area contributed by atoms with Crippen LogP contribution in [0.2, 0.25) is 0 Å². The van der Waals surface area contributed by atoms with Crippen LogP contribution in [0, 0.1) is 18.8 Å². The number of hydrogen-bond donors (Lipinski definition) is 1. The van der Waals surface area contributed by atoms with E-state index >= 15 is 4.39 Å². The van der Waals surface area contributed by atoms with Gasteiger partial charge in [0, 0.05) is 62.8 Å². The van der Waals surface area contributed by atoms with Crippen LogP contribution < -0.4 is 9.64 Å². The molecule has 4 atom stereocenters. The third-order valence-corrected chi connectivity index (χ3v) is 11.6. The third kappa shape index (κ3) is 6.51. The highest BCUT2D eigenvalue weighted by Gasteiger charge is 2.57. The molecule has 1 aliphatic carbocycles. The fourth-order valence-corrected chi connectivity index (χ4v) is 8.84. The van der Waals surface area contributed by atoms with Gasteiger partial charge in [-0.3, -0.25) is 14.5 Å². The summed E-state index contributed by atoms with van der Waals surface area (Å²) in [6, 6.07) is 9.64. The first-order valence-electron chi connectivity index (χ1n) is 17.4. The summed E-state index contributed by atoms with van der Waals surface area (Å²) in [6.45, 7) is 5.57. The smallest absolute Gasteiger partial charge is 0.416 e. The topological polar surface area (TPSA) is 73.3 Å². The van der Waals surface area contributed by atoms with Crippen molar-refractivity contribution in [3.05, 3.63) is 58.7 Å². The van der Waals surface area contributed by atoms with Gasteiger partial charge in [-0.1, -0.05) is 44.4 Å². The van der Waals surface area contributed by atoms with E-state index in [0.717, 1.165) is 42.9 Å². The standard InChI is InChI=1S/C37H47F4N3O4/c1-4-24-19-43(20-30(24)29-11-10-27(37(39,40)41)18-32(29)42-15-13-25(14-16-42)34(45)46)35(47)36(38)22-44(28-7-5-6-8-28)21-31(36)26-9-12-33(48-3)23(2)17-26/h9-12,17-18,24-25,28,30-31H,4-8,13-16,19-22H2,1-3H3,(H,45,46)/t24-,30-,31-,36-/m0/s1. The van der Waals surface area contributed by atoms with Crippen molar-refractivity contribution in [3.8, 4) is 5.75 Å². The Morgan fingerprint density at radius 1 is 1.00 bits per heavy atom. The molecule has 1 saturated carbocycles. The zero-order valence-corrected chi connectivity index (χ0v) is 28.1. The number of carbonyl (C=O) groups is 2. The van der Waals surface area contributed by atoms with Gasteiger partial charge in [-0.05, 0) is 73.4 Å². The lowest BCUT2D eigenvalue weighted by atomic mass is 9.84. The van der Waals surface area contributed by atoms with E-state index in [1.165, 1.54) is 12.1 Å². The number of piperidine rings is 1. The highest BCUT2D eigenvalue weighted by Crippen LogP contribution is 2.47. The van der Waals surface area contributed by atoms with Crippen molar-refractivity contribution >= 4 is 17.6 Å². The molecule has 3 aliphatic heterocycles. The quantitative estimate of drug-likeness (QED) is 0.304. The van der Waals surface area contributed by atoms with Crippen LogP contribution in [0.1, 0.15) is 86.0 Å². The maximum atomic E-state index is 17.7. The zero-order chi connectivity index (χ0) is 34.4. The molecule has 48 heavy (non-hydrogen) atoms. The molecule has 1 N–H and O–H groups in total. The number of carboxylic acid groups (broad SMARTS) is 1. The molecular formula is C37H47F4N3O4. The molecule has 3 heterocycles. The second-order valence-corrected chi connectivity index (χ2v) is 14.4. The first-order valence-corrected chi connectivity index (χ1v) is 17.4. The Kier molecular flexibility index (Phi) is 9.72. The molecule has 11 heteroatoms. The minimum absolute atomic E-state index is 0.0221. The van der Waals surface area contributed by atoms with Gasteiger partial charge in [0.25, 0.3) is 5.91 Å². The van der Waals surface area contributed by atoms with Crippen molar-refractivity contribution in [2.24, 2.45) is 11.8 Å². The van der Waals surface area contributed by atoms with Gasteiger partial charge in [0.1, 0.15) is 5.75 Å². The summed E-state index contributed by atoms with van der Waals surface area (Å²) in [4.78, 5) is 31.7. The highest BCUT2D eigenvalue weighted by atomic mass is 19.4. The normalized spacial score (nSPS) is 27.6. The van der Waals surface area contributed by atoms with Crippen LogP contribution in [0.5, 0.6) is 5.75 Å². The highest BCUT2D eigenvalue weighted by molar-refractivity contribution is 5.88. The first kappa shape index (κ1) is 34.5. The summed E-state index contributed by atoms with van der Waals surface area (Å²) in [5.41, 5.74) is -0.146. The largest absolute Gasteiger partial charge is 0.496 e. The molecular weight excluding hydrogens is 626 g/mol. The van der Waals surface area contributed by atoms with Crippen molar-refractivity contribution in [1.29, 1.82) is 0 Å². The van der Waals surface area contributed by atoms with Crippen LogP contribution >= 0.6 is 0 Å². The van der Waals surface area contributed by atoms with Crippen LogP contribution in [0.3, 0.4) is 0 Å². The minimum Gasteiger partial charge on any atom is -0.496 e. The van der Waals surface area contributed by atoms with Gasteiger partial charge in [-0.15, -0.1) is 0 Å². The molecule has 1 amide bonds. The van der Waals surface area contributed by atoms with Gasteiger partial charge in [0.2, 0.25) is 5.67 Å². The van der Waals surface area contributed by atoms with Gasteiger partial charge in [0.05, 0.1) is 18.6 Å². The van der Waals surface area contributed by atoms with Crippen molar-refractivity contribution in [2.75, 3.05) is 51.3 Å². The summed E-state index contributed by atoms with van der Waals surface area (Å²) in [6.07, 6.45) is 0.969. The molecule has 6 rings (SSSR count). The van der Waals surface area contributed by atoms with Crippen LogP contribution in [0.4, 0.5) is 23.2 Å². The fraction of sp³-hybridized carbons (Fsp3) is 0.622. The number of anilines is 1. The maximum Gasteiger partial charge on any atom is 0.416 e. The van der Waals surface area contributed by atoms with Crippen LogP contribution in [0.25, 0.3) is 0 Å². The van der Waals surface area contributed by atoms with Crippen molar-refractivity contribution in [3.63, 3.8) is 0 Å². The minimum atomic E-state index is -4.54. The number of aliphatic carboxylic acids is 1. The van der Waals surface area contributed by atoms with E-state index in [0.29, 0.717) is 62.4 Å². The zero-order valence-electron chi connectivity index (χ0n) is 28.1. The number of nitrogens with zero attached hydrogens (tertiary/aromatic N) is 3. The molecule has 7 nitrogen and oxygen atoms in total. The van der Waals surface area contributed by atoms with Crippen LogP contribution in [-0.4, -0.2) is 84.9 Å². The lowest BCUT2D eigenvalue weighted by molar-refractivity contribution is -0.143. The summed E-state index contributed by atoms with van der Waals surface area (Å²) in [5.74, 6) is -2.28. The van der Waals surface area contributed by atoms with Crippen LogP contribution in [-0.2, 0) is 15.8 Å². The summed E-state index contributed by atoms with van der Waals surface area (Å²) >= 11 is 0. The van der Waals surface area contributed by atoms with E-state index in [1.54, 1.807) is 12.0 Å². The van der Waals surface area contributed by atoms with Gasteiger partial charge < -0.3 is 19.6 Å². The van der Waals surface area contributed by atoms with E-state index in [1.807, 2.05) is 36.9 Å². The van der Waals surface area contributed by atoms with E-state index in [4.69, 9.17) is 4.74 Å². The number of methoxy groups -OCH3 is 1. The van der Waals surface area contributed by atoms with Gasteiger partial charge >= 0.3 is 12.1 Å². The molecule has 262 valence electrons. The number of carboxylic acids is 1. The van der Waals surface area contributed by atoms with E-state index < -0.39 is 41.1 Å². The Balaban J connectivity index is 1.31. The van der Waals surface area contributed by atoms with Crippen molar-refractivity contribution in [1.82, 2.24) is 9.80 Å². The average molecular weight is 674 g/mol. The fourth-order valence-electron chi connectivity index (χ4n) is 8.84. The molecule has 0 aromatic heterocycles. The lowest BCUT2D eigenvalue weighted by Crippen LogP contribution is -2.50. The average Bonchev–Trinajstić information content (AvgIpc) is 3.83. The molecule has 0 spiro atoms. The number of halogens is 4. The van der Waals surface area contributed by atoms with E-state index in [2.05, 4.69) is 4.90 Å². The molecule has 4 aliphatic rings. The number of benzene rings is 2. The molecule has 2 aromatic rings. The van der Waals surface area contributed by atoms with Gasteiger partial charge in [-0.25, -0.2) is 4.39 Å². The number of carbonyl (C=O) groups excluding carboxylic acids is 1.